The zero-order valence-corrected chi connectivity index (χ0v) is 18.0. The number of H-pyrrole nitrogens is 1. The molecule has 2 N–H and O–H groups in total. The van der Waals surface area contributed by atoms with Gasteiger partial charge in [0.05, 0.1) is 6.04 Å². The molecule has 2 aromatic heterocycles. The Morgan fingerprint density at radius 2 is 1.94 bits per heavy atom. The second kappa shape index (κ2) is 10.1. The van der Waals surface area contributed by atoms with Gasteiger partial charge >= 0.3 is 0 Å². The zero-order chi connectivity index (χ0) is 21.5. The average molecular weight is 431 g/mol. The van der Waals surface area contributed by atoms with Crippen molar-refractivity contribution >= 4 is 17.7 Å². The van der Waals surface area contributed by atoms with Crippen LogP contribution in [0.2, 0.25) is 0 Å². The lowest BCUT2D eigenvalue weighted by molar-refractivity contribution is -0.426. The quantitative estimate of drug-likeness (QED) is 0.562. The number of hydrogen-bond donors (Lipinski definition) is 1. The van der Waals surface area contributed by atoms with Crippen molar-refractivity contribution in [3.8, 4) is 5.75 Å². The first-order valence-electron chi connectivity index (χ1n) is 10.2. The molecule has 0 radical (unpaired) electrons. The van der Waals surface area contributed by atoms with E-state index in [0.29, 0.717) is 5.56 Å². The molecule has 0 fully saturated rings. The Bertz CT molecular complexity index is 1080. The van der Waals surface area contributed by atoms with Crippen molar-refractivity contribution < 1.29 is 14.5 Å². The minimum Gasteiger partial charge on any atom is -0.458 e. The number of ether oxygens (including phenoxy) is 1. The first-order valence-corrected chi connectivity index (χ1v) is 11.1. The van der Waals surface area contributed by atoms with Gasteiger partial charge in [-0.3, -0.25) is 9.78 Å². The van der Waals surface area contributed by atoms with Crippen molar-refractivity contribution in [2.75, 3.05) is 0 Å². The molecule has 4 rings (SSSR count). The van der Waals surface area contributed by atoms with Gasteiger partial charge in [-0.15, -0.1) is 0 Å². The van der Waals surface area contributed by atoms with E-state index in [1.54, 1.807) is 24.2 Å². The fraction of sp³-hybridized carbons (Fsp3) is 0.160. The van der Waals surface area contributed by atoms with Crippen LogP contribution in [0.15, 0.2) is 102 Å². The van der Waals surface area contributed by atoms with Crippen molar-refractivity contribution in [3.05, 3.63) is 108 Å². The molecule has 0 bridgehead atoms. The summed E-state index contributed by atoms with van der Waals surface area (Å²) in [6.45, 7) is 2.07. The molecule has 0 aliphatic heterocycles. The standard InChI is InChI=1S/C25H23N3O2S/c1-18-16-21(30-20-6-3-2-4-7-20)9-10-23(18)28-24(29)22-8-5-13-27-25(22)31-17-19-11-14-26-15-12-19/h2-16,18,23H,17H2,1H3,(H,28,29)/p+1. The highest BCUT2D eigenvalue weighted by Crippen LogP contribution is 2.24. The number of nitrogens with one attached hydrogen (secondary N) is 2. The smallest absolute Gasteiger partial charge is 0.259 e. The molecule has 156 valence electrons. The summed E-state index contributed by atoms with van der Waals surface area (Å²) in [5, 5.41) is 3.98. The molecule has 2 atom stereocenters. The predicted octanol–water partition coefficient (Wildman–Crippen LogP) is 4.46. The number of hydrogen-bond acceptors (Lipinski definition) is 4. The van der Waals surface area contributed by atoms with E-state index in [1.165, 1.54) is 0 Å². The molecule has 1 aliphatic rings. The van der Waals surface area contributed by atoms with Gasteiger partial charge in [-0.05, 0) is 48.0 Å². The molecule has 3 aromatic rings. The number of aromatic nitrogens is 2. The van der Waals surface area contributed by atoms with Crippen LogP contribution in [0.4, 0.5) is 0 Å². The van der Waals surface area contributed by atoms with Gasteiger partial charge in [0, 0.05) is 30.1 Å². The fourth-order valence-corrected chi connectivity index (χ4v) is 4.22. The second-order valence-electron chi connectivity index (χ2n) is 7.26. The number of nitrogens with zero attached hydrogens (tertiary/aromatic N) is 1. The summed E-state index contributed by atoms with van der Waals surface area (Å²) in [6, 6.07) is 17.2. The summed E-state index contributed by atoms with van der Waals surface area (Å²) in [7, 11) is 0. The van der Waals surface area contributed by atoms with Crippen molar-refractivity contribution in [1.82, 2.24) is 10.3 Å². The average Bonchev–Trinajstić information content (AvgIpc) is 2.81. The minimum atomic E-state index is -0.103. The molecule has 0 saturated carbocycles. The number of allylic oxidation sites excluding steroid dienone is 1. The van der Waals surface area contributed by atoms with Crippen LogP contribution in [0, 0.1) is 5.92 Å². The number of carbonyl (C=O) groups excluding carboxylic acids is 1. The zero-order valence-electron chi connectivity index (χ0n) is 17.2. The molecule has 5 nitrogen and oxygen atoms in total. The lowest BCUT2D eigenvalue weighted by Crippen LogP contribution is -2.39. The van der Waals surface area contributed by atoms with E-state index >= 15 is 0 Å². The minimum absolute atomic E-state index is 0.101. The topological polar surface area (TPSA) is 65.4 Å². The van der Waals surface area contributed by atoms with Crippen molar-refractivity contribution in [3.63, 3.8) is 0 Å². The van der Waals surface area contributed by atoms with Crippen LogP contribution in [-0.4, -0.2) is 16.9 Å². The molecule has 0 saturated heterocycles. The van der Waals surface area contributed by atoms with Gasteiger partial charge in [-0.25, -0.2) is 4.98 Å². The van der Waals surface area contributed by atoms with E-state index in [-0.39, 0.29) is 17.9 Å². The van der Waals surface area contributed by atoms with Crippen LogP contribution in [0.5, 0.6) is 5.75 Å². The van der Waals surface area contributed by atoms with Crippen LogP contribution < -0.4 is 15.0 Å². The summed E-state index contributed by atoms with van der Waals surface area (Å²) in [5.41, 5.74) is 1.79. The van der Waals surface area contributed by atoms with Crippen LogP contribution in [0.1, 0.15) is 22.8 Å². The maximum absolute atomic E-state index is 13.0. The Labute approximate surface area is 186 Å². The van der Waals surface area contributed by atoms with Crippen molar-refractivity contribution in [2.45, 2.75) is 23.7 Å². The number of rotatable bonds is 7. The van der Waals surface area contributed by atoms with Gasteiger partial charge in [-0.2, -0.15) is 0 Å². The first kappa shape index (κ1) is 20.9. The van der Waals surface area contributed by atoms with Crippen molar-refractivity contribution in [2.24, 2.45) is 5.92 Å². The predicted molar refractivity (Wildman–Crippen MR) is 122 cm³/mol. The number of pyridine rings is 2. The molecule has 2 unspecified atom stereocenters. The number of aromatic amines is 1. The van der Waals surface area contributed by atoms with Gasteiger partial charge < -0.3 is 10.1 Å². The molecule has 1 amide bonds. The number of carbonyl (C=O) groups is 1. The highest BCUT2D eigenvalue weighted by Gasteiger charge is 2.24. The van der Waals surface area contributed by atoms with E-state index in [9.17, 15) is 4.79 Å². The summed E-state index contributed by atoms with van der Waals surface area (Å²) >= 11 is 1.60. The van der Waals surface area contributed by atoms with Gasteiger partial charge in [-0.1, -0.05) is 43.0 Å². The van der Waals surface area contributed by atoms with Crippen LogP contribution in [-0.2, 0) is 5.75 Å². The van der Waals surface area contributed by atoms with Crippen LogP contribution in [0.3, 0.4) is 0 Å². The Kier molecular flexibility index (Phi) is 6.79. The van der Waals surface area contributed by atoms with E-state index in [4.69, 9.17) is 4.74 Å². The Hall–Kier alpha value is -3.38. The van der Waals surface area contributed by atoms with Gasteiger partial charge in [0.15, 0.2) is 6.20 Å². The number of benzene rings is 1. The number of amides is 1. The molecule has 1 aromatic carbocycles. The maximum atomic E-state index is 13.0. The first-order chi connectivity index (χ1) is 15.2. The highest BCUT2D eigenvalue weighted by atomic mass is 32.2. The summed E-state index contributed by atoms with van der Waals surface area (Å²) in [6.07, 6.45) is 11.3. The molecule has 6 heteroatoms. The third kappa shape index (κ3) is 5.61. The van der Waals surface area contributed by atoms with Crippen LogP contribution >= 0.6 is 11.8 Å². The summed E-state index contributed by atoms with van der Waals surface area (Å²) in [5.74, 6) is 2.34. The largest absolute Gasteiger partial charge is 0.458 e. The lowest BCUT2D eigenvalue weighted by Gasteiger charge is -2.24. The Balaban J connectivity index is 1.39. The SMILES string of the molecule is CC1C=C(Oc2ccccc2)C=CC1NC(=O)c1ccc[nH+]c1SCc1ccncc1. The van der Waals surface area contributed by atoms with Gasteiger partial charge in [0.25, 0.3) is 10.9 Å². The molecule has 31 heavy (non-hydrogen) atoms. The molecule has 1 aliphatic carbocycles. The molecular formula is C25H24N3O2S+. The van der Waals surface area contributed by atoms with Crippen LogP contribution in [0.25, 0.3) is 0 Å². The van der Waals surface area contributed by atoms with E-state index < -0.39 is 0 Å². The maximum Gasteiger partial charge on any atom is 0.259 e. The normalized spacial score (nSPS) is 17.6. The number of thioether (sulfide) groups is 1. The molecule has 2 heterocycles. The Morgan fingerprint density at radius 3 is 2.71 bits per heavy atom. The van der Waals surface area contributed by atoms with Gasteiger partial charge in [0.2, 0.25) is 0 Å². The summed E-state index contributed by atoms with van der Waals surface area (Å²) in [4.78, 5) is 20.3. The fourth-order valence-electron chi connectivity index (χ4n) is 3.25. The third-order valence-electron chi connectivity index (χ3n) is 4.93. The Morgan fingerprint density at radius 1 is 1.13 bits per heavy atom. The highest BCUT2D eigenvalue weighted by molar-refractivity contribution is 7.98. The third-order valence-corrected chi connectivity index (χ3v) is 6.04. The molecule has 0 spiro atoms. The van der Waals surface area contributed by atoms with E-state index in [2.05, 4.69) is 22.2 Å². The van der Waals surface area contributed by atoms with Crippen molar-refractivity contribution in [1.29, 1.82) is 0 Å². The van der Waals surface area contributed by atoms with E-state index in [0.717, 1.165) is 27.9 Å². The molecular weight excluding hydrogens is 406 g/mol. The lowest BCUT2D eigenvalue weighted by atomic mass is 9.96. The summed E-state index contributed by atoms with van der Waals surface area (Å²) < 4.78 is 5.91. The number of para-hydroxylation sites is 1. The van der Waals surface area contributed by atoms with E-state index in [1.807, 2.05) is 79.0 Å². The van der Waals surface area contributed by atoms with Gasteiger partial charge in [0.1, 0.15) is 17.1 Å². The second-order valence-corrected chi connectivity index (χ2v) is 8.24. The monoisotopic (exact) mass is 430 g/mol.